The summed E-state index contributed by atoms with van der Waals surface area (Å²) in [4.78, 5) is 12.9. The van der Waals surface area contributed by atoms with Gasteiger partial charge < -0.3 is 13.9 Å². The van der Waals surface area contributed by atoms with Gasteiger partial charge in [0.2, 0.25) is 5.89 Å². The van der Waals surface area contributed by atoms with Crippen molar-refractivity contribution in [2.45, 2.75) is 13.0 Å². The quantitative estimate of drug-likeness (QED) is 0.886. The van der Waals surface area contributed by atoms with Crippen LogP contribution in [-0.4, -0.2) is 39.3 Å². The summed E-state index contributed by atoms with van der Waals surface area (Å²) in [6.07, 6.45) is 2.20. The molecule has 1 fully saturated rings. The molecule has 0 radical (unpaired) electrons. The van der Waals surface area contributed by atoms with Gasteiger partial charge >= 0.3 is 5.97 Å². The number of rotatable bonds is 4. The van der Waals surface area contributed by atoms with Crippen molar-refractivity contribution in [1.29, 1.82) is 0 Å². The molecule has 0 amide bonds. The zero-order chi connectivity index (χ0) is 13.2. The second-order valence-corrected chi connectivity index (χ2v) is 4.54. The van der Waals surface area contributed by atoms with E-state index in [9.17, 15) is 4.79 Å². The first-order valence-corrected chi connectivity index (χ1v) is 6.04. The first-order chi connectivity index (χ1) is 9.22. The van der Waals surface area contributed by atoms with Crippen molar-refractivity contribution in [1.82, 2.24) is 15.1 Å². The standard InChI is InChI=1S/C12H13N3O4/c16-12(17)8-3-4-15(6-8)7-10-13-14-11(19-10)9-2-1-5-18-9/h1-2,5,8H,3-4,6-7H2,(H,16,17). The van der Waals surface area contributed by atoms with Gasteiger partial charge in [-0.2, -0.15) is 0 Å². The van der Waals surface area contributed by atoms with Crippen LogP contribution < -0.4 is 0 Å². The van der Waals surface area contributed by atoms with E-state index in [-0.39, 0.29) is 5.92 Å². The van der Waals surface area contributed by atoms with Gasteiger partial charge in [0, 0.05) is 6.54 Å². The van der Waals surface area contributed by atoms with E-state index in [1.165, 1.54) is 6.26 Å². The molecule has 1 saturated heterocycles. The summed E-state index contributed by atoms with van der Waals surface area (Å²) >= 11 is 0. The zero-order valence-corrected chi connectivity index (χ0v) is 10.2. The van der Waals surface area contributed by atoms with Crippen LogP contribution in [0.2, 0.25) is 0 Å². The highest BCUT2D eigenvalue weighted by Crippen LogP contribution is 2.21. The Labute approximate surface area is 108 Å². The predicted octanol–water partition coefficient (Wildman–Crippen LogP) is 1.24. The highest BCUT2D eigenvalue weighted by Gasteiger charge is 2.28. The van der Waals surface area contributed by atoms with E-state index in [1.54, 1.807) is 12.1 Å². The topological polar surface area (TPSA) is 92.6 Å². The molecule has 1 unspecified atom stereocenters. The third-order valence-electron chi connectivity index (χ3n) is 3.18. The maximum atomic E-state index is 10.9. The molecule has 0 aromatic carbocycles. The van der Waals surface area contributed by atoms with Crippen LogP contribution in [0.3, 0.4) is 0 Å². The van der Waals surface area contributed by atoms with Gasteiger partial charge in [-0.05, 0) is 25.1 Å². The molecule has 2 aromatic heterocycles. The minimum atomic E-state index is -0.746. The lowest BCUT2D eigenvalue weighted by atomic mass is 10.1. The Morgan fingerprint density at radius 3 is 3.11 bits per heavy atom. The Kier molecular flexibility index (Phi) is 3.04. The minimum absolute atomic E-state index is 0.299. The molecule has 19 heavy (non-hydrogen) atoms. The lowest BCUT2D eigenvalue weighted by Gasteiger charge is -2.11. The molecular weight excluding hydrogens is 250 g/mol. The molecule has 100 valence electrons. The van der Waals surface area contributed by atoms with Crippen molar-refractivity contribution in [2.24, 2.45) is 5.92 Å². The fourth-order valence-corrected chi connectivity index (χ4v) is 2.19. The van der Waals surface area contributed by atoms with Crippen LogP contribution in [0.15, 0.2) is 27.2 Å². The third-order valence-corrected chi connectivity index (χ3v) is 3.18. The molecule has 1 aliphatic rings. The average Bonchev–Trinajstić information content (AvgIpc) is 3.09. The number of furan rings is 1. The zero-order valence-electron chi connectivity index (χ0n) is 10.2. The van der Waals surface area contributed by atoms with E-state index in [0.717, 1.165) is 6.54 Å². The van der Waals surface area contributed by atoms with E-state index in [4.69, 9.17) is 13.9 Å². The SMILES string of the molecule is O=C(O)C1CCN(Cc2nnc(-c3ccco3)o2)C1. The molecule has 3 rings (SSSR count). The Bertz CT molecular complexity index is 563. The molecule has 1 aliphatic heterocycles. The summed E-state index contributed by atoms with van der Waals surface area (Å²) in [5, 5.41) is 16.8. The number of carboxylic acids is 1. The number of aromatic nitrogens is 2. The maximum Gasteiger partial charge on any atom is 0.307 e. The fraction of sp³-hybridized carbons (Fsp3) is 0.417. The van der Waals surface area contributed by atoms with Crippen LogP contribution in [0, 0.1) is 5.92 Å². The van der Waals surface area contributed by atoms with E-state index < -0.39 is 5.97 Å². The molecular formula is C12H13N3O4. The molecule has 1 atom stereocenters. The normalized spacial score (nSPS) is 19.9. The molecule has 3 heterocycles. The monoisotopic (exact) mass is 263 g/mol. The van der Waals surface area contributed by atoms with Gasteiger partial charge in [-0.15, -0.1) is 10.2 Å². The minimum Gasteiger partial charge on any atom is -0.481 e. The Morgan fingerprint density at radius 1 is 1.53 bits per heavy atom. The summed E-state index contributed by atoms with van der Waals surface area (Å²) in [6, 6.07) is 3.49. The predicted molar refractivity (Wildman–Crippen MR) is 63.0 cm³/mol. The molecule has 7 heteroatoms. The Balaban J connectivity index is 1.64. The Morgan fingerprint density at radius 2 is 2.42 bits per heavy atom. The summed E-state index contributed by atoms with van der Waals surface area (Å²) in [5.74, 6) is 0.298. The lowest BCUT2D eigenvalue weighted by molar-refractivity contribution is -0.141. The van der Waals surface area contributed by atoms with Crippen LogP contribution in [-0.2, 0) is 11.3 Å². The number of nitrogens with zero attached hydrogens (tertiary/aromatic N) is 3. The molecule has 0 aliphatic carbocycles. The van der Waals surface area contributed by atoms with Crippen LogP contribution in [0.25, 0.3) is 11.7 Å². The van der Waals surface area contributed by atoms with Gasteiger partial charge in [0.1, 0.15) is 0 Å². The van der Waals surface area contributed by atoms with Crippen LogP contribution in [0.5, 0.6) is 0 Å². The molecule has 1 N–H and O–H groups in total. The molecule has 0 spiro atoms. The molecule has 0 bridgehead atoms. The molecule has 7 nitrogen and oxygen atoms in total. The third kappa shape index (κ3) is 2.50. The number of hydrogen-bond acceptors (Lipinski definition) is 6. The number of aliphatic carboxylic acids is 1. The number of likely N-dealkylation sites (tertiary alicyclic amines) is 1. The summed E-state index contributed by atoms with van der Waals surface area (Å²) in [6.45, 7) is 1.72. The lowest BCUT2D eigenvalue weighted by Crippen LogP contribution is -2.22. The molecule has 0 saturated carbocycles. The first kappa shape index (κ1) is 11.9. The van der Waals surface area contributed by atoms with Gasteiger partial charge in [-0.3, -0.25) is 9.69 Å². The van der Waals surface area contributed by atoms with Crippen molar-refractivity contribution < 1.29 is 18.7 Å². The van der Waals surface area contributed by atoms with Gasteiger partial charge in [0.05, 0.1) is 18.7 Å². The summed E-state index contributed by atoms with van der Waals surface area (Å²) in [5.41, 5.74) is 0. The highest BCUT2D eigenvalue weighted by molar-refractivity contribution is 5.70. The van der Waals surface area contributed by atoms with E-state index in [1.807, 2.05) is 4.90 Å². The number of carbonyl (C=O) groups is 1. The van der Waals surface area contributed by atoms with E-state index in [0.29, 0.717) is 37.1 Å². The van der Waals surface area contributed by atoms with E-state index in [2.05, 4.69) is 10.2 Å². The van der Waals surface area contributed by atoms with Gasteiger partial charge in [0.25, 0.3) is 5.89 Å². The largest absolute Gasteiger partial charge is 0.481 e. The second-order valence-electron chi connectivity index (χ2n) is 4.54. The summed E-state index contributed by atoms with van der Waals surface area (Å²) in [7, 11) is 0. The fourth-order valence-electron chi connectivity index (χ4n) is 2.19. The Hall–Kier alpha value is -2.15. The second kappa shape index (κ2) is 4.85. The highest BCUT2D eigenvalue weighted by atomic mass is 16.4. The van der Waals surface area contributed by atoms with Crippen molar-refractivity contribution in [3.8, 4) is 11.7 Å². The van der Waals surface area contributed by atoms with Gasteiger partial charge in [0.15, 0.2) is 5.76 Å². The smallest absolute Gasteiger partial charge is 0.307 e. The van der Waals surface area contributed by atoms with Crippen LogP contribution in [0.4, 0.5) is 0 Å². The van der Waals surface area contributed by atoms with Gasteiger partial charge in [-0.1, -0.05) is 0 Å². The van der Waals surface area contributed by atoms with Crippen molar-refractivity contribution in [3.05, 3.63) is 24.3 Å². The number of hydrogen-bond donors (Lipinski definition) is 1. The average molecular weight is 263 g/mol. The van der Waals surface area contributed by atoms with Crippen molar-refractivity contribution >= 4 is 5.97 Å². The number of carboxylic acid groups (broad SMARTS) is 1. The van der Waals surface area contributed by atoms with Crippen molar-refractivity contribution in [2.75, 3.05) is 13.1 Å². The van der Waals surface area contributed by atoms with Crippen LogP contribution in [0.1, 0.15) is 12.3 Å². The van der Waals surface area contributed by atoms with E-state index >= 15 is 0 Å². The molecule has 2 aromatic rings. The van der Waals surface area contributed by atoms with Crippen molar-refractivity contribution in [3.63, 3.8) is 0 Å². The maximum absolute atomic E-state index is 10.9. The van der Waals surface area contributed by atoms with Crippen LogP contribution >= 0.6 is 0 Å². The summed E-state index contributed by atoms with van der Waals surface area (Å²) < 4.78 is 10.6. The first-order valence-electron chi connectivity index (χ1n) is 6.04. The van der Waals surface area contributed by atoms with Gasteiger partial charge in [-0.25, -0.2) is 0 Å².